The van der Waals surface area contributed by atoms with Crippen LogP contribution >= 0.6 is 0 Å². The molecule has 0 aromatic rings. The van der Waals surface area contributed by atoms with Crippen molar-refractivity contribution in [3.8, 4) is 0 Å². The molecule has 0 aromatic heterocycles. The van der Waals surface area contributed by atoms with E-state index in [4.69, 9.17) is 9.47 Å². The van der Waals surface area contributed by atoms with E-state index in [9.17, 15) is 20.1 Å². The minimum atomic E-state index is -1.56. The first-order valence-electron chi connectivity index (χ1n) is 11.1. The number of methoxy groups -OCH3 is 1. The van der Waals surface area contributed by atoms with Gasteiger partial charge in [-0.15, -0.1) is 0 Å². The summed E-state index contributed by atoms with van der Waals surface area (Å²) in [6.07, 6.45) is 3.16. The highest BCUT2D eigenvalue weighted by atomic mass is 16.6. The quantitative estimate of drug-likeness (QED) is 0.605. The third-order valence-corrected chi connectivity index (χ3v) is 8.22. The molecule has 7 heteroatoms. The van der Waals surface area contributed by atoms with Crippen LogP contribution in [-0.2, 0) is 14.3 Å². The van der Waals surface area contributed by atoms with Crippen LogP contribution in [0, 0.1) is 11.8 Å². The number of aliphatic hydroxyl groups is 3. The Morgan fingerprint density at radius 2 is 2.07 bits per heavy atom. The molecule has 3 N–H and O–H groups in total. The lowest BCUT2D eigenvalue weighted by Crippen LogP contribution is -2.62. The second kappa shape index (κ2) is 7.22. The molecule has 0 radical (unpaired) electrons. The zero-order valence-electron chi connectivity index (χ0n) is 17.9. The zero-order chi connectivity index (χ0) is 21.1. The minimum absolute atomic E-state index is 0.0178. The summed E-state index contributed by atoms with van der Waals surface area (Å²) in [7, 11) is 1.47. The van der Waals surface area contributed by atoms with Gasteiger partial charge in [-0.2, -0.15) is 0 Å². The Labute approximate surface area is 172 Å². The molecule has 1 aliphatic carbocycles. The summed E-state index contributed by atoms with van der Waals surface area (Å²) >= 11 is 0. The molecule has 0 amide bonds. The average Bonchev–Trinajstić information content (AvgIpc) is 2.97. The summed E-state index contributed by atoms with van der Waals surface area (Å²) in [6, 6.07) is 0.0801. The molecule has 1 spiro atoms. The highest BCUT2D eigenvalue weighted by Crippen LogP contribution is 2.61. The Bertz CT molecular complexity index is 709. The average molecular weight is 410 g/mol. The van der Waals surface area contributed by atoms with Gasteiger partial charge < -0.3 is 24.8 Å². The van der Waals surface area contributed by atoms with Crippen molar-refractivity contribution < 1.29 is 29.6 Å². The van der Waals surface area contributed by atoms with E-state index in [2.05, 4.69) is 4.90 Å². The van der Waals surface area contributed by atoms with Crippen LogP contribution in [-0.4, -0.2) is 75.3 Å². The maximum atomic E-state index is 12.5. The van der Waals surface area contributed by atoms with Crippen molar-refractivity contribution in [2.24, 2.45) is 11.8 Å². The second-order valence-electron chi connectivity index (χ2n) is 9.42. The fourth-order valence-corrected chi connectivity index (χ4v) is 7.00. The molecule has 3 fully saturated rings. The third kappa shape index (κ3) is 2.60. The third-order valence-electron chi connectivity index (χ3n) is 8.22. The molecular weight excluding hydrogens is 374 g/mol. The summed E-state index contributed by atoms with van der Waals surface area (Å²) in [6.45, 7) is 6.34. The molecule has 8 unspecified atom stereocenters. The molecule has 4 aliphatic rings. The van der Waals surface area contributed by atoms with Gasteiger partial charge in [0, 0.05) is 18.0 Å². The lowest BCUT2D eigenvalue weighted by atomic mass is 9.71. The van der Waals surface area contributed by atoms with Gasteiger partial charge in [-0.3, -0.25) is 4.90 Å². The number of hydrogen-bond acceptors (Lipinski definition) is 7. The number of carbonyl (C=O) groups is 1. The van der Waals surface area contributed by atoms with Crippen LogP contribution in [0.5, 0.6) is 0 Å². The highest BCUT2D eigenvalue weighted by Gasteiger charge is 2.76. The van der Waals surface area contributed by atoms with Crippen molar-refractivity contribution in [3.63, 3.8) is 0 Å². The van der Waals surface area contributed by atoms with Crippen LogP contribution in [0.15, 0.2) is 11.3 Å². The maximum absolute atomic E-state index is 12.5. The first-order valence-corrected chi connectivity index (χ1v) is 11.1. The van der Waals surface area contributed by atoms with Crippen LogP contribution in [0.4, 0.5) is 0 Å². The van der Waals surface area contributed by atoms with Crippen molar-refractivity contribution in [1.29, 1.82) is 0 Å². The van der Waals surface area contributed by atoms with Crippen molar-refractivity contribution in [3.05, 3.63) is 11.3 Å². The smallest absolute Gasteiger partial charge is 0.338 e. The lowest BCUT2D eigenvalue weighted by Gasteiger charge is -2.49. The van der Waals surface area contributed by atoms with Crippen LogP contribution < -0.4 is 0 Å². The second-order valence-corrected chi connectivity index (χ2v) is 9.42. The van der Waals surface area contributed by atoms with Crippen molar-refractivity contribution in [2.75, 3.05) is 13.7 Å². The zero-order valence-corrected chi connectivity index (χ0v) is 17.9. The lowest BCUT2D eigenvalue weighted by molar-refractivity contribution is -0.202. The summed E-state index contributed by atoms with van der Waals surface area (Å²) in [5, 5.41) is 34.2. The Kier molecular flexibility index (Phi) is 5.25. The Morgan fingerprint density at radius 3 is 2.72 bits per heavy atom. The summed E-state index contributed by atoms with van der Waals surface area (Å²) in [4.78, 5) is 14.9. The molecule has 29 heavy (non-hydrogen) atoms. The van der Waals surface area contributed by atoms with Gasteiger partial charge in [0.15, 0.2) is 5.76 Å². The molecule has 3 heterocycles. The van der Waals surface area contributed by atoms with E-state index in [-0.39, 0.29) is 29.7 Å². The first-order chi connectivity index (χ1) is 13.7. The summed E-state index contributed by atoms with van der Waals surface area (Å²) in [5.74, 6) is -0.838. The van der Waals surface area contributed by atoms with Gasteiger partial charge in [-0.25, -0.2) is 4.79 Å². The molecule has 4 rings (SSSR count). The van der Waals surface area contributed by atoms with Crippen molar-refractivity contribution >= 4 is 5.97 Å². The van der Waals surface area contributed by atoms with Gasteiger partial charge in [0.2, 0.25) is 5.60 Å². The first kappa shape index (κ1) is 21.1. The number of nitrogens with zero attached hydrogens (tertiary/aromatic N) is 1. The van der Waals surface area contributed by atoms with Crippen LogP contribution in [0.2, 0.25) is 0 Å². The highest BCUT2D eigenvalue weighted by molar-refractivity contribution is 5.92. The Morgan fingerprint density at radius 1 is 1.34 bits per heavy atom. The van der Waals surface area contributed by atoms with Gasteiger partial charge in [0.05, 0.1) is 18.8 Å². The molecule has 0 aromatic carbocycles. The molecule has 0 bridgehead atoms. The van der Waals surface area contributed by atoms with E-state index in [0.29, 0.717) is 24.8 Å². The van der Waals surface area contributed by atoms with Crippen molar-refractivity contribution in [2.45, 2.75) is 94.8 Å². The summed E-state index contributed by atoms with van der Waals surface area (Å²) < 4.78 is 11.4. The predicted octanol–water partition coefficient (Wildman–Crippen LogP) is 1.35. The minimum Gasteiger partial charge on any atom is -0.496 e. The standard InChI is InChI=1S/C22H35NO6/c1-5-16(24)14-8-6-9-15-17-12(2)18(25)22(19(28-4)13(3)20(26)29-22)21(17,27)10-7-11-23(14)15/h12,14-18,24-25,27H,5-11H2,1-4H3. The van der Waals surface area contributed by atoms with E-state index >= 15 is 0 Å². The van der Waals surface area contributed by atoms with E-state index in [1.165, 1.54) is 7.11 Å². The number of carbonyl (C=O) groups excluding carboxylic acids is 1. The number of esters is 1. The Balaban J connectivity index is 1.81. The Hall–Kier alpha value is -1.15. The molecular formula is C22H35NO6. The number of piperidine rings is 1. The van der Waals surface area contributed by atoms with E-state index < -0.39 is 29.4 Å². The van der Waals surface area contributed by atoms with Gasteiger partial charge in [0.25, 0.3) is 0 Å². The van der Waals surface area contributed by atoms with E-state index in [1.807, 2.05) is 13.8 Å². The van der Waals surface area contributed by atoms with E-state index in [0.717, 1.165) is 25.8 Å². The fourth-order valence-electron chi connectivity index (χ4n) is 7.00. The van der Waals surface area contributed by atoms with E-state index in [1.54, 1.807) is 6.92 Å². The molecule has 164 valence electrons. The molecule has 7 nitrogen and oxygen atoms in total. The van der Waals surface area contributed by atoms with Gasteiger partial charge >= 0.3 is 5.97 Å². The van der Waals surface area contributed by atoms with Gasteiger partial charge in [-0.05, 0) is 51.5 Å². The summed E-state index contributed by atoms with van der Waals surface area (Å²) in [5.41, 5.74) is -2.65. The predicted molar refractivity (Wildman–Crippen MR) is 106 cm³/mol. The van der Waals surface area contributed by atoms with Gasteiger partial charge in [-0.1, -0.05) is 20.3 Å². The SMILES string of the molecule is CCC(O)C1CCCC2C3C(C)C(O)C4(OC(=O)C(C)=C4OC)C3(O)CCCN12. The number of ether oxygens (including phenoxy) is 2. The molecule has 8 atom stereocenters. The topological polar surface area (TPSA) is 99.5 Å². The number of aliphatic hydroxyl groups excluding tert-OH is 2. The van der Waals surface area contributed by atoms with Crippen LogP contribution in [0.3, 0.4) is 0 Å². The molecule has 2 saturated heterocycles. The maximum Gasteiger partial charge on any atom is 0.338 e. The largest absolute Gasteiger partial charge is 0.496 e. The molecule has 3 aliphatic heterocycles. The molecule has 1 saturated carbocycles. The fraction of sp³-hybridized carbons (Fsp3) is 0.864. The monoisotopic (exact) mass is 409 g/mol. The van der Waals surface area contributed by atoms with Crippen LogP contribution in [0.25, 0.3) is 0 Å². The number of rotatable bonds is 3. The van der Waals surface area contributed by atoms with Gasteiger partial charge in [0.1, 0.15) is 11.7 Å². The number of hydrogen-bond donors (Lipinski definition) is 3. The van der Waals surface area contributed by atoms with Crippen molar-refractivity contribution in [1.82, 2.24) is 4.90 Å². The normalized spacial score (nSPS) is 46.3. The number of fused-ring (bicyclic) bond motifs is 4. The van der Waals surface area contributed by atoms with Crippen LogP contribution in [0.1, 0.15) is 59.3 Å².